The molecule has 6 heteroatoms. The van der Waals surface area contributed by atoms with Crippen molar-refractivity contribution in [2.24, 2.45) is 0 Å². The zero-order valence-electron chi connectivity index (χ0n) is 16.2. The Labute approximate surface area is 167 Å². The molecule has 0 aromatic heterocycles. The first kappa shape index (κ1) is 19.2. The molecule has 28 heavy (non-hydrogen) atoms. The topological polar surface area (TPSA) is 57.7 Å². The van der Waals surface area contributed by atoms with Crippen LogP contribution in [0, 0.1) is 0 Å². The Balaban J connectivity index is 1.67. The molecule has 1 saturated heterocycles. The highest BCUT2D eigenvalue weighted by Gasteiger charge is 2.40. The van der Waals surface area contributed by atoms with E-state index >= 15 is 0 Å². The molecule has 2 aromatic rings. The maximum atomic E-state index is 13.5. The third-order valence-corrected chi connectivity index (χ3v) is 7.74. The Kier molecular flexibility index (Phi) is 5.25. The lowest BCUT2D eigenvalue weighted by atomic mass is 9.97. The highest BCUT2D eigenvalue weighted by molar-refractivity contribution is 7.89. The fraction of sp³-hybridized carbons (Fsp3) is 0.409. The predicted octanol–water partition coefficient (Wildman–Crippen LogP) is 3.40. The fourth-order valence-corrected chi connectivity index (χ4v) is 6.11. The molecular formula is C22H26N2O3S. The molecule has 0 bridgehead atoms. The summed E-state index contributed by atoms with van der Waals surface area (Å²) in [6.07, 6.45) is 1.89. The molecule has 1 atom stereocenters. The Bertz CT molecular complexity index is 939. The molecule has 1 unspecified atom stereocenters. The second-order valence-corrected chi connectivity index (χ2v) is 9.63. The van der Waals surface area contributed by atoms with Crippen molar-refractivity contribution in [1.29, 1.82) is 0 Å². The maximum absolute atomic E-state index is 13.5. The van der Waals surface area contributed by atoms with Crippen LogP contribution in [0.15, 0.2) is 48.5 Å². The van der Waals surface area contributed by atoms with Crippen molar-refractivity contribution >= 4 is 15.9 Å². The van der Waals surface area contributed by atoms with Gasteiger partial charge in [-0.2, -0.15) is 4.31 Å². The molecular weight excluding hydrogens is 372 g/mol. The van der Waals surface area contributed by atoms with Gasteiger partial charge in [0, 0.05) is 19.6 Å². The average Bonchev–Trinajstić information content (AvgIpc) is 3.12. The van der Waals surface area contributed by atoms with E-state index in [9.17, 15) is 13.2 Å². The lowest BCUT2D eigenvalue weighted by molar-refractivity contribution is -0.135. The van der Waals surface area contributed by atoms with E-state index in [0.717, 1.165) is 28.7 Å². The van der Waals surface area contributed by atoms with Crippen molar-refractivity contribution in [3.63, 3.8) is 0 Å². The smallest absolute Gasteiger partial charge is 0.241 e. The summed E-state index contributed by atoms with van der Waals surface area (Å²) in [5.41, 5.74) is 4.49. The van der Waals surface area contributed by atoms with Gasteiger partial charge in [-0.15, -0.1) is 0 Å². The molecule has 2 heterocycles. The maximum Gasteiger partial charge on any atom is 0.241 e. The summed E-state index contributed by atoms with van der Waals surface area (Å²) in [6.45, 7) is 3.30. The van der Waals surface area contributed by atoms with Crippen LogP contribution in [-0.4, -0.2) is 41.9 Å². The van der Waals surface area contributed by atoms with E-state index in [4.69, 9.17) is 0 Å². The minimum absolute atomic E-state index is 0.0799. The molecule has 148 valence electrons. The number of amides is 1. The lowest BCUT2D eigenvalue weighted by Crippen LogP contribution is -2.47. The molecule has 4 rings (SSSR count). The number of nitrogens with zero attached hydrogens (tertiary/aromatic N) is 2. The van der Waals surface area contributed by atoms with Gasteiger partial charge in [-0.3, -0.25) is 4.79 Å². The van der Waals surface area contributed by atoms with Crippen molar-refractivity contribution in [3.05, 3.63) is 59.7 Å². The molecule has 2 aliphatic rings. The van der Waals surface area contributed by atoms with E-state index in [0.29, 0.717) is 32.5 Å². The summed E-state index contributed by atoms with van der Waals surface area (Å²) in [6, 6.07) is 15.7. The third-order valence-electron chi connectivity index (χ3n) is 5.67. The van der Waals surface area contributed by atoms with Crippen molar-refractivity contribution < 1.29 is 13.2 Å². The number of hydrogen-bond acceptors (Lipinski definition) is 3. The van der Waals surface area contributed by atoms with Gasteiger partial charge >= 0.3 is 0 Å². The highest BCUT2D eigenvalue weighted by Crippen LogP contribution is 2.34. The second-order valence-electron chi connectivity index (χ2n) is 7.59. The monoisotopic (exact) mass is 398 g/mol. The van der Waals surface area contributed by atoms with Crippen molar-refractivity contribution in [2.45, 2.75) is 45.3 Å². The molecule has 1 amide bonds. The molecule has 1 fully saturated rings. The SMILES string of the molecule is CCCS(=O)(=O)N1CCCC1C(=O)N1Cc2ccccc2-c2ccccc2C1. The van der Waals surface area contributed by atoms with Gasteiger partial charge in [0.1, 0.15) is 6.04 Å². The number of rotatable bonds is 4. The predicted molar refractivity (Wildman–Crippen MR) is 110 cm³/mol. The van der Waals surface area contributed by atoms with Gasteiger partial charge in [0.15, 0.2) is 0 Å². The van der Waals surface area contributed by atoms with Crippen LogP contribution in [0.4, 0.5) is 0 Å². The Morgan fingerprint density at radius 3 is 2.14 bits per heavy atom. The molecule has 2 aliphatic heterocycles. The number of carbonyl (C=O) groups excluding carboxylic acids is 1. The van der Waals surface area contributed by atoms with E-state index in [-0.39, 0.29) is 11.7 Å². The first-order valence-corrected chi connectivity index (χ1v) is 11.6. The number of benzene rings is 2. The van der Waals surface area contributed by atoms with E-state index < -0.39 is 16.1 Å². The summed E-state index contributed by atoms with van der Waals surface area (Å²) < 4.78 is 26.7. The van der Waals surface area contributed by atoms with Crippen LogP contribution in [-0.2, 0) is 27.9 Å². The third kappa shape index (κ3) is 3.47. The lowest BCUT2D eigenvalue weighted by Gasteiger charge is -2.29. The minimum atomic E-state index is -3.39. The molecule has 2 aromatic carbocycles. The van der Waals surface area contributed by atoms with Gasteiger partial charge in [0.05, 0.1) is 5.75 Å². The summed E-state index contributed by atoms with van der Waals surface area (Å²) >= 11 is 0. The average molecular weight is 399 g/mol. The largest absolute Gasteiger partial charge is 0.333 e. The summed E-state index contributed by atoms with van der Waals surface area (Å²) in [5.74, 6) is 0.0197. The van der Waals surface area contributed by atoms with Crippen LogP contribution in [0.5, 0.6) is 0 Å². The first-order valence-electron chi connectivity index (χ1n) is 9.96. The minimum Gasteiger partial charge on any atom is -0.333 e. The summed E-state index contributed by atoms with van der Waals surface area (Å²) in [7, 11) is -3.39. The van der Waals surface area contributed by atoms with Gasteiger partial charge in [0.25, 0.3) is 0 Å². The van der Waals surface area contributed by atoms with Gasteiger partial charge in [-0.25, -0.2) is 8.42 Å². The number of fused-ring (bicyclic) bond motifs is 3. The van der Waals surface area contributed by atoms with Crippen LogP contribution in [0.2, 0.25) is 0 Å². The van der Waals surface area contributed by atoms with Gasteiger partial charge in [0.2, 0.25) is 15.9 Å². The van der Waals surface area contributed by atoms with Crippen molar-refractivity contribution in [2.75, 3.05) is 12.3 Å². The zero-order valence-corrected chi connectivity index (χ0v) is 17.0. The molecule has 0 spiro atoms. The van der Waals surface area contributed by atoms with E-state index in [1.807, 2.05) is 36.1 Å². The molecule has 0 N–H and O–H groups in total. The Hall–Kier alpha value is -2.18. The number of carbonyl (C=O) groups is 1. The van der Waals surface area contributed by atoms with Crippen molar-refractivity contribution in [1.82, 2.24) is 9.21 Å². The first-order chi connectivity index (χ1) is 13.5. The quantitative estimate of drug-likeness (QED) is 0.793. The Morgan fingerprint density at radius 1 is 1.00 bits per heavy atom. The highest BCUT2D eigenvalue weighted by atomic mass is 32.2. The summed E-state index contributed by atoms with van der Waals surface area (Å²) in [5, 5.41) is 0. The van der Waals surface area contributed by atoms with Crippen LogP contribution in [0.3, 0.4) is 0 Å². The zero-order chi connectivity index (χ0) is 19.7. The molecule has 0 aliphatic carbocycles. The standard InChI is InChI=1S/C22H26N2O3S/c1-2-14-28(26,27)24-13-7-12-21(24)22(25)23-15-17-8-3-5-10-19(17)20-11-6-4-9-18(20)16-23/h3-6,8-11,21H,2,7,12-16H2,1H3. The van der Waals surface area contributed by atoms with Gasteiger partial charge in [-0.1, -0.05) is 55.5 Å². The van der Waals surface area contributed by atoms with E-state index in [2.05, 4.69) is 24.3 Å². The molecule has 0 saturated carbocycles. The molecule has 0 radical (unpaired) electrons. The number of sulfonamides is 1. The van der Waals surface area contributed by atoms with Gasteiger partial charge in [-0.05, 0) is 41.5 Å². The van der Waals surface area contributed by atoms with E-state index in [1.165, 1.54) is 4.31 Å². The van der Waals surface area contributed by atoms with E-state index in [1.54, 1.807) is 0 Å². The molecule has 5 nitrogen and oxygen atoms in total. The second kappa shape index (κ2) is 7.68. The van der Waals surface area contributed by atoms with Crippen LogP contribution in [0.25, 0.3) is 11.1 Å². The van der Waals surface area contributed by atoms with Crippen molar-refractivity contribution in [3.8, 4) is 11.1 Å². The van der Waals surface area contributed by atoms with Gasteiger partial charge < -0.3 is 4.90 Å². The normalized spacial score (nSPS) is 19.8. The Morgan fingerprint density at radius 2 is 1.57 bits per heavy atom. The summed E-state index contributed by atoms with van der Waals surface area (Å²) in [4.78, 5) is 15.3. The van der Waals surface area contributed by atoms with Crippen LogP contribution >= 0.6 is 0 Å². The fourth-order valence-electron chi connectivity index (χ4n) is 4.37. The van der Waals surface area contributed by atoms with Crippen LogP contribution in [0.1, 0.15) is 37.3 Å². The van der Waals surface area contributed by atoms with Crippen LogP contribution < -0.4 is 0 Å². The number of hydrogen-bond donors (Lipinski definition) is 0.